The maximum Gasteiger partial charge on any atom is 0.145 e. The Balaban J connectivity index is 2.44. The second kappa shape index (κ2) is 4.87. The van der Waals surface area contributed by atoms with Crippen molar-refractivity contribution in [3.05, 3.63) is 42.6 Å². The van der Waals surface area contributed by atoms with Crippen LogP contribution in [0.15, 0.2) is 42.6 Å². The Hall–Kier alpha value is -2.03. The first-order chi connectivity index (χ1) is 8.16. The minimum absolute atomic E-state index is 0.0928. The molecule has 3 nitrogen and oxygen atoms in total. The van der Waals surface area contributed by atoms with Gasteiger partial charge in [0.15, 0.2) is 0 Å². The van der Waals surface area contributed by atoms with Gasteiger partial charge < -0.3 is 9.84 Å². The zero-order valence-corrected chi connectivity index (χ0v) is 9.92. The molecule has 0 spiro atoms. The summed E-state index contributed by atoms with van der Waals surface area (Å²) < 4.78 is 5.70. The Morgan fingerprint density at radius 1 is 1.18 bits per heavy atom. The van der Waals surface area contributed by atoms with Gasteiger partial charge in [0.1, 0.15) is 17.2 Å². The Morgan fingerprint density at radius 2 is 2.00 bits per heavy atom. The van der Waals surface area contributed by atoms with Crippen LogP contribution in [-0.2, 0) is 0 Å². The molecular formula is C14H15NO2. The lowest BCUT2D eigenvalue weighted by Gasteiger charge is -2.13. The van der Waals surface area contributed by atoms with Crippen LogP contribution in [0.25, 0.3) is 11.3 Å². The smallest absolute Gasteiger partial charge is 0.145 e. The number of pyridine rings is 1. The maximum absolute atomic E-state index is 9.48. The first-order valence-corrected chi connectivity index (χ1v) is 5.58. The molecule has 1 aromatic carbocycles. The van der Waals surface area contributed by atoms with Crippen LogP contribution < -0.4 is 4.74 Å². The lowest BCUT2D eigenvalue weighted by molar-refractivity contribution is 0.242. The number of aromatic hydroxyl groups is 1. The maximum atomic E-state index is 9.48. The lowest BCUT2D eigenvalue weighted by atomic mass is 10.1. The van der Waals surface area contributed by atoms with E-state index in [9.17, 15) is 5.11 Å². The number of hydrogen-bond acceptors (Lipinski definition) is 3. The van der Waals surface area contributed by atoms with Crippen molar-refractivity contribution in [1.29, 1.82) is 0 Å². The molecule has 0 radical (unpaired) electrons. The first-order valence-electron chi connectivity index (χ1n) is 5.58. The first kappa shape index (κ1) is 11.5. The Kier molecular flexibility index (Phi) is 3.28. The summed E-state index contributed by atoms with van der Waals surface area (Å²) in [5.41, 5.74) is 1.60. The van der Waals surface area contributed by atoms with Crippen molar-refractivity contribution < 1.29 is 9.84 Å². The fourth-order valence-electron chi connectivity index (χ4n) is 1.61. The summed E-state index contributed by atoms with van der Waals surface area (Å²) in [4.78, 5) is 4.31. The number of phenols is 1. The molecule has 17 heavy (non-hydrogen) atoms. The van der Waals surface area contributed by atoms with Crippen molar-refractivity contribution in [1.82, 2.24) is 4.98 Å². The molecule has 88 valence electrons. The fourth-order valence-corrected chi connectivity index (χ4v) is 1.61. The van der Waals surface area contributed by atoms with Gasteiger partial charge >= 0.3 is 0 Å². The van der Waals surface area contributed by atoms with Gasteiger partial charge in [-0.25, -0.2) is 0 Å². The van der Waals surface area contributed by atoms with Crippen molar-refractivity contribution in [2.45, 2.75) is 20.0 Å². The van der Waals surface area contributed by atoms with E-state index in [1.165, 1.54) is 0 Å². The molecule has 0 bridgehead atoms. The number of hydrogen-bond donors (Lipinski definition) is 1. The predicted octanol–water partition coefficient (Wildman–Crippen LogP) is 3.24. The van der Waals surface area contributed by atoms with Crippen molar-refractivity contribution in [3.8, 4) is 22.8 Å². The van der Waals surface area contributed by atoms with Crippen molar-refractivity contribution >= 4 is 0 Å². The molecule has 0 aliphatic heterocycles. The minimum atomic E-state index is 0.0928. The summed E-state index contributed by atoms with van der Waals surface area (Å²) in [6.45, 7) is 3.94. The molecule has 1 N–H and O–H groups in total. The van der Waals surface area contributed by atoms with E-state index in [2.05, 4.69) is 4.98 Å². The Morgan fingerprint density at radius 3 is 2.71 bits per heavy atom. The molecule has 0 saturated heterocycles. The molecule has 1 heterocycles. The van der Waals surface area contributed by atoms with Crippen LogP contribution in [0, 0.1) is 0 Å². The summed E-state index contributed by atoms with van der Waals surface area (Å²) >= 11 is 0. The van der Waals surface area contributed by atoms with Gasteiger partial charge in [0, 0.05) is 11.8 Å². The Labute approximate surface area is 101 Å². The highest BCUT2D eigenvalue weighted by Crippen LogP contribution is 2.29. The third kappa shape index (κ3) is 2.75. The quantitative estimate of drug-likeness (QED) is 0.878. The van der Waals surface area contributed by atoms with Gasteiger partial charge in [0.2, 0.25) is 0 Å². The molecule has 1 aromatic heterocycles. The van der Waals surface area contributed by atoms with E-state index in [0.717, 1.165) is 17.0 Å². The topological polar surface area (TPSA) is 42.4 Å². The summed E-state index contributed by atoms with van der Waals surface area (Å²) in [5, 5.41) is 9.48. The van der Waals surface area contributed by atoms with E-state index in [1.807, 2.05) is 32.0 Å². The van der Waals surface area contributed by atoms with Crippen molar-refractivity contribution in [2.75, 3.05) is 0 Å². The molecule has 0 fully saturated rings. The van der Waals surface area contributed by atoms with Gasteiger partial charge in [-0.15, -0.1) is 0 Å². The van der Waals surface area contributed by atoms with Gasteiger partial charge in [-0.3, -0.25) is 4.98 Å². The predicted molar refractivity (Wildman–Crippen MR) is 67.1 cm³/mol. The van der Waals surface area contributed by atoms with Crippen LogP contribution in [0.2, 0.25) is 0 Å². The standard InChI is InChI=1S/C14H15NO2/c1-10(2)17-13-7-4-8-15-14(13)11-5-3-6-12(16)9-11/h3-10,16H,1-2H3. The summed E-state index contributed by atoms with van der Waals surface area (Å²) in [5.74, 6) is 0.955. The summed E-state index contributed by atoms with van der Waals surface area (Å²) in [6.07, 6.45) is 1.81. The van der Waals surface area contributed by atoms with E-state index in [1.54, 1.807) is 24.4 Å². The molecule has 0 aliphatic carbocycles. The molecule has 0 aliphatic rings. The van der Waals surface area contributed by atoms with Gasteiger partial charge in [0.05, 0.1) is 6.10 Å². The molecule has 2 aromatic rings. The average molecular weight is 229 g/mol. The second-order valence-corrected chi connectivity index (χ2v) is 4.07. The Bertz CT molecular complexity index is 509. The van der Waals surface area contributed by atoms with Crippen LogP contribution in [0.5, 0.6) is 11.5 Å². The molecule has 0 atom stereocenters. The number of phenolic OH excluding ortho intramolecular Hbond substituents is 1. The number of benzene rings is 1. The number of rotatable bonds is 3. The van der Waals surface area contributed by atoms with Gasteiger partial charge in [-0.05, 0) is 38.1 Å². The molecule has 3 heteroatoms. The lowest BCUT2D eigenvalue weighted by Crippen LogP contribution is -2.06. The van der Waals surface area contributed by atoms with Crippen molar-refractivity contribution in [3.63, 3.8) is 0 Å². The third-order valence-electron chi connectivity index (χ3n) is 2.25. The van der Waals surface area contributed by atoms with Crippen LogP contribution >= 0.6 is 0 Å². The minimum Gasteiger partial charge on any atom is -0.508 e. The van der Waals surface area contributed by atoms with E-state index in [4.69, 9.17) is 4.74 Å². The van der Waals surface area contributed by atoms with E-state index in [0.29, 0.717) is 0 Å². The van der Waals surface area contributed by atoms with E-state index < -0.39 is 0 Å². The SMILES string of the molecule is CC(C)Oc1cccnc1-c1cccc(O)c1. The highest BCUT2D eigenvalue weighted by Gasteiger charge is 2.09. The fraction of sp³-hybridized carbons (Fsp3) is 0.214. The van der Waals surface area contributed by atoms with Crippen LogP contribution in [0.3, 0.4) is 0 Å². The third-order valence-corrected chi connectivity index (χ3v) is 2.25. The zero-order chi connectivity index (χ0) is 12.3. The van der Waals surface area contributed by atoms with Crippen LogP contribution in [-0.4, -0.2) is 16.2 Å². The van der Waals surface area contributed by atoms with E-state index in [-0.39, 0.29) is 11.9 Å². The normalized spacial score (nSPS) is 10.5. The second-order valence-electron chi connectivity index (χ2n) is 4.07. The van der Waals surface area contributed by atoms with Crippen LogP contribution in [0.1, 0.15) is 13.8 Å². The molecule has 2 rings (SSSR count). The average Bonchev–Trinajstić information content (AvgIpc) is 2.29. The summed E-state index contributed by atoms with van der Waals surface area (Å²) in [6, 6.07) is 10.7. The molecular weight excluding hydrogens is 214 g/mol. The number of nitrogens with zero attached hydrogens (tertiary/aromatic N) is 1. The van der Waals surface area contributed by atoms with Crippen molar-refractivity contribution in [2.24, 2.45) is 0 Å². The zero-order valence-electron chi connectivity index (χ0n) is 9.92. The number of aromatic nitrogens is 1. The van der Waals surface area contributed by atoms with Crippen LogP contribution in [0.4, 0.5) is 0 Å². The molecule has 0 amide bonds. The molecule has 0 unspecified atom stereocenters. The van der Waals surface area contributed by atoms with Gasteiger partial charge in [0.25, 0.3) is 0 Å². The van der Waals surface area contributed by atoms with Gasteiger partial charge in [-0.1, -0.05) is 12.1 Å². The largest absolute Gasteiger partial charge is 0.508 e. The monoisotopic (exact) mass is 229 g/mol. The highest BCUT2D eigenvalue weighted by atomic mass is 16.5. The number of ether oxygens (including phenoxy) is 1. The summed E-state index contributed by atoms with van der Waals surface area (Å²) in [7, 11) is 0. The molecule has 0 saturated carbocycles. The highest BCUT2D eigenvalue weighted by molar-refractivity contribution is 5.67. The van der Waals surface area contributed by atoms with E-state index >= 15 is 0 Å². The van der Waals surface area contributed by atoms with Gasteiger partial charge in [-0.2, -0.15) is 0 Å².